The van der Waals surface area contributed by atoms with Crippen molar-refractivity contribution in [2.75, 3.05) is 0 Å². The van der Waals surface area contributed by atoms with Crippen LogP contribution in [0.25, 0.3) is 66.1 Å². The molecule has 2 aromatic heterocycles. The van der Waals surface area contributed by atoms with E-state index in [2.05, 4.69) is 255 Å². The summed E-state index contributed by atoms with van der Waals surface area (Å²) in [5.41, 5.74) is 12.9. The Labute approximate surface area is 383 Å². The minimum atomic E-state index is -2.82. The average Bonchev–Trinajstić information content (AvgIpc) is 3.87. The third-order valence-corrected chi connectivity index (χ3v) is 19.7. The summed E-state index contributed by atoms with van der Waals surface area (Å²) in [6.07, 6.45) is 2.38. The Morgan fingerprint density at radius 1 is 0.354 bits per heavy atom. The van der Waals surface area contributed by atoms with Crippen LogP contribution in [-0.4, -0.2) is 17.2 Å². The van der Waals surface area contributed by atoms with Crippen LogP contribution in [0.2, 0.25) is 0 Å². The minimum absolute atomic E-state index is 0.0954. The molecule has 1 aliphatic carbocycles. The van der Waals surface area contributed by atoms with E-state index < -0.39 is 8.07 Å². The Morgan fingerprint density at radius 2 is 0.846 bits per heavy atom. The van der Waals surface area contributed by atoms with Gasteiger partial charge in [0.2, 0.25) is 0 Å². The van der Waals surface area contributed by atoms with E-state index in [4.69, 9.17) is 0 Å². The quantitative estimate of drug-likeness (QED) is 0.112. The van der Waals surface area contributed by atoms with Crippen molar-refractivity contribution in [3.8, 4) is 22.5 Å². The van der Waals surface area contributed by atoms with Gasteiger partial charge in [0, 0.05) is 32.9 Å². The lowest BCUT2D eigenvalue weighted by Crippen LogP contribution is -2.74. The van der Waals surface area contributed by atoms with Gasteiger partial charge in [0.15, 0.2) is 8.07 Å². The molecule has 65 heavy (non-hydrogen) atoms. The molecule has 0 radical (unpaired) electrons. The lowest BCUT2D eigenvalue weighted by Gasteiger charge is -2.43. The molecule has 12 rings (SSSR count). The zero-order chi connectivity index (χ0) is 43.9. The molecule has 0 amide bonds. The van der Waals surface area contributed by atoms with Gasteiger partial charge in [-0.15, -0.1) is 0 Å². The molecule has 314 valence electrons. The van der Waals surface area contributed by atoms with Crippen LogP contribution in [-0.2, 0) is 10.8 Å². The molecule has 0 saturated carbocycles. The number of rotatable bonds is 7. The van der Waals surface area contributed by atoms with Crippen molar-refractivity contribution >= 4 is 72.4 Å². The smallest absolute Gasteiger partial charge is 0.179 e. The number of nitrogens with zero attached hydrogens (tertiary/aromatic N) is 2. The summed E-state index contributed by atoms with van der Waals surface area (Å²) in [5, 5.41) is 10.7. The summed E-state index contributed by atoms with van der Waals surface area (Å²) in [6, 6.07) is 82.4. The standard InChI is InChI=1S/C62H52N2Si/c1-61(2)39-40-62(3,4)55-42-49(36-38-54(55)61)65(46-21-10-6-11-22-46,47-23-12-7-13-24-47)48-34-32-45(33-35-48)64-56-28-16-14-25-51(56)52-37-31-43(41-59(52)64)50-27-18-30-58-60(50)53-26-15-17-29-57(53)63(58)44-19-8-5-9-20-44/h5-38,41-42H,39-40H2,1-4H3. The fraction of sp³-hybridized carbons (Fsp3) is 0.129. The number of fused-ring (bicyclic) bond motifs is 7. The summed E-state index contributed by atoms with van der Waals surface area (Å²) in [5.74, 6) is 0. The zero-order valence-electron chi connectivity index (χ0n) is 37.6. The van der Waals surface area contributed by atoms with Crippen LogP contribution < -0.4 is 20.7 Å². The molecule has 11 aromatic rings. The molecule has 0 saturated heterocycles. The molecule has 0 spiro atoms. The lowest BCUT2D eigenvalue weighted by molar-refractivity contribution is 0.332. The van der Waals surface area contributed by atoms with Gasteiger partial charge < -0.3 is 9.13 Å². The Hall–Kier alpha value is -7.20. The summed E-state index contributed by atoms with van der Waals surface area (Å²) in [7, 11) is -2.82. The van der Waals surface area contributed by atoms with Crippen LogP contribution in [0.15, 0.2) is 218 Å². The molecule has 3 heteroatoms. The highest BCUT2D eigenvalue weighted by Gasteiger charge is 2.44. The molecule has 1 aliphatic rings. The molecule has 9 aromatic carbocycles. The van der Waals surface area contributed by atoms with Gasteiger partial charge in [0.05, 0.1) is 22.1 Å². The molecular weight excluding hydrogens is 801 g/mol. The number of benzene rings is 9. The number of aromatic nitrogens is 2. The highest BCUT2D eigenvalue weighted by molar-refractivity contribution is 7.19. The van der Waals surface area contributed by atoms with Crippen molar-refractivity contribution < 1.29 is 0 Å². The largest absolute Gasteiger partial charge is 0.309 e. The van der Waals surface area contributed by atoms with Crippen molar-refractivity contribution in [1.82, 2.24) is 9.13 Å². The summed E-state index contributed by atoms with van der Waals surface area (Å²) < 4.78 is 4.90. The van der Waals surface area contributed by atoms with Gasteiger partial charge in [-0.05, 0) is 115 Å². The lowest BCUT2D eigenvalue weighted by atomic mass is 9.63. The normalized spacial score (nSPS) is 14.6. The Kier molecular flexibility index (Phi) is 9.05. The van der Waals surface area contributed by atoms with Gasteiger partial charge in [-0.25, -0.2) is 0 Å². The van der Waals surface area contributed by atoms with E-state index in [0.717, 1.165) is 5.69 Å². The molecule has 0 aliphatic heterocycles. The van der Waals surface area contributed by atoms with Gasteiger partial charge in [-0.3, -0.25) is 0 Å². The minimum Gasteiger partial charge on any atom is -0.309 e. The SMILES string of the molecule is CC1(C)CCC(C)(C)c2cc([Si](c3ccccc3)(c3ccccc3)c3ccc(-n4c5ccccc5c5ccc(-c6cccc7c6c6ccccc6n7-c6ccccc6)cc54)cc3)ccc21. The van der Waals surface area contributed by atoms with Crippen LogP contribution in [0.4, 0.5) is 0 Å². The molecule has 0 fully saturated rings. The van der Waals surface area contributed by atoms with Crippen LogP contribution in [0, 0.1) is 0 Å². The molecule has 2 nitrogen and oxygen atoms in total. The maximum absolute atomic E-state index is 2.82. The van der Waals surface area contributed by atoms with Crippen LogP contribution in [0.3, 0.4) is 0 Å². The topological polar surface area (TPSA) is 9.86 Å². The van der Waals surface area contributed by atoms with E-state index in [1.165, 1.54) is 105 Å². The van der Waals surface area contributed by atoms with E-state index in [9.17, 15) is 0 Å². The zero-order valence-corrected chi connectivity index (χ0v) is 38.6. The number of hydrogen-bond acceptors (Lipinski definition) is 0. The van der Waals surface area contributed by atoms with Gasteiger partial charge in [0.25, 0.3) is 0 Å². The van der Waals surface area contributed by atoms with Crippen molar-refractivity contribution in [3.63, 3.8) is 0 Å². The van der Waals surface area contributed by atoms with Crippen LogP contribution >= 0.6 is 0 Å². The predicted molar refractivity (Wildman–Crippen MR) is 279 cm³/mol. The van der Waals surface area contributed by atoms with Crippen molar-refractivity contribution in [2.24, 2.45) is 0 Å². The fourth-order valence-electron chi connectivity index (χ4n) is 11.6. The molecule has 0 bridgehead atoms. The second-order valence-corrected chi connectivity index (χ2v) is 23.3. The van der Waals surface area contributed by atoms with Crippen molar-refractivity contribution in [3.05, 3.63) is 230 Å². The summed E-state index contributed by atoms with van der Waals surface area (Å²) in [4.78, 5) is 0. The highest BCUT2D eigenvalue weighted by atomic mass is 28.3. The number of hydrogen-bond donors (Lipinski definition) is 0. The van der Waals surface area contributed by atoms with Crippen LogP contribution in [0.1, 0.15) is 51.7 Å². The Bertz CT molecular complexity index is 3540. The van der Waals surface area contributed by atoms with E-state index in [1.54, 1.807) is 0 Å². The predicted octanol–water partition coefficient (Wildman–Crippen LogP) is 13.3. The molecule has 0 atom stereocenters. The highest BCUT2D eigenvalue weighted by Crippen LogP contribution is 2.46. The van der Waals surface area contributed by atoms with E-state index in [0.29, 0.717) is 0 Å². The van der Waals surface area contributed by atoms with Gasteiger partial charge in [-0.1, -0.05) is 198 Å². The third kappa shape index (κ3) is 6.06. The molecule has 0 unspecified atom stereocenters. The maximum atomic E-state index is 2.63. The number of para-hydroxylation sites is 3. The second kappa shape index (κ2) is 14.9. The second-order valence-electron chi connectivity index (χ2n) is 19.5. The third-order valence-electron chi connectivity index (χ3n) is 15.0. The summed E-state index contributed by atoms with van der Waals surface area (Å²) in [6.45, 7) is 9.77. The first-order chi connectivity index (χ1) is 31.7. The Balaban J connectivity index is 1.07. The molecule has 2 heterocycles. The monoisotopic (exact) mass is 852 g/mol. The van der Waals surface area contributed by atoms with Crippen LogP contribution in [0.5, 0.6) is 0 Å². The van der Waals surface area contributed by atoms with E-state index in [-0.39, 0.29) is 10.8 Å². The van der Waals surface area contributed by atoms with E-state index >= 15 is 0 Å². The average molecular weight is 853 g/mol. The van der Waals surface area contributed by atoms with E-state index in [1.807, 2.05) is 0 Å². The first-order valence-electron chi connectivity index (χ1n) is 23.2. The fourth-order valence-corrected chi connectivity index (χ4v) is 16.3. The van der Waals surface area contributed by atoms with Gasteiger partial charge >= 0.3 is 0 Å². The maximum Gasteiger partial charge on any atom is 0.179 e. The Morgan fingerprint density at radius 3 is 1.52 bits per heavy atom. The molecule has 0 N–H and O–H groups in total. The summed E-state index contributed by atoms with van der Waals surface area (Å²) >= 11 is 0. The van der Waals surface area contributed by atoms with Gasteiger partial charge in [-0.2, -0.15) is 0 Å². The first-order valence-corrected chi connectivity index (χ1v) is 25.2. The first kappa shape index (κ1) is 39.4. The van der Waals surface area contributed by atoms with Crippen molar-refractivity contribution in [1.29, 1.82) is 0 Å². The molecular formula is C62H52N2Si. The van der Waals surface area contributed by atoms with Crippen molar-refractivity contribution in [2.45, 2.75) is 51.4 Å². The van der Waals surface area contributed by atoms with Gasteiger partial charge in [0.1, 0.15) is 0 Å².